The summed E-state index contributed by atoms with van der Waals surface area (Å²) in [4.78, 5) is 15.3. The first-order chi connectivity index (χ1) is 7.65. The molecule has 1 aromatic carbocycles. The molecule has 0 bridgehead atoms. The molecule has 1 aromatic rings. The molecule has 0 radical (unpaired) electrons. The van der Waals surface area contributed by atoms with Crippen molar-refractivity contribution in [2.45, 2.75) is 13.3 Å². The molecule has 1 saturated heterocycles. The minimum atomic E-state index is 0.0494. The van der Waals surface area contributed by atoms with E-state index in [0.717, 1.165) is 17.7 Å². The quantitative estimate of drug-likeness (QED) is 0.729. The van der Waals surface area contributed by atoms with Gasteiger partial charge in [-0.15, -0.1) is 0 Å². The van der Waals surface area contributed by atoms with Crippen molar-refractivity contribution in [2.24, 2.45) is 0 Å². The Bertz CT molecular complexity index is 444. The van der Waals surface area contributed by atoms with Gasteiger partial charge < -0.3 is 4.90 Å². The average Bonchev–Trinajstić information content (AvgIpc) is 2.53. The van der Waals surface area contributed by atoms with Crippen LogP contribution in [0.5, 0.6) is 0 Å². The lowest BCUT2D eigenvalue weighted by Gasteiger charge is -2.19. The lowest BCUT2D eigenvalue weighted by Crippen LogP contribution is -2.31. The fraction of sp³-hybridized carbons (Fsp3) is 0.333. The van der Waals surface area contributed by atoms with Crippen LogP contribution in [0.1, 0.15) is 12.5 Å². The molecule has 1 fully saturated rings. The summed E-state index contributed by atoms with van der Waals surface area (Å²) in [5.74, 6) is 0.0494. The number of aryl methyl sites for hydroxylation is 1. The molecular weight excluding hydrogens is 220 g/mol. The van der Waals surface area contributed by atoms with Gasteiger partial charge in [0.2, 0.25) is 0 Å². The lowest BCUT2D eigenvalue weighted by molar-refractivity contribution is -0.116. The number of anilines is 1. The summed E-state index contributed by atoms with van der Waals surface area (Å²) < 4.78 is 0. The summed E-state index contributed by atoms with van der Waals surface area (Å²) >= 11 is 5.26. The molecule has 0 N–H and O–H groups in total. The van der Waals surface area contributed by atoms with Crippen LogP contribution in [0.15, 0.2) is 24.3 Å². The van der Waals surface area contributed by atoms with Crippen molar-refractivity contribution in [1.82, 2.24) is 4.90 Å². The summed E-state index contributed by atoms with van der Waals surface area (Å²) in [6.07, 6.45) is 0.895. The number of hydrogen-bond acceptors (Lipinski definition) is 2. The van der Waals surface area contributed by atoms with Gasteiger partial charge in [-0.2, -0.15) is 0 Å². The molecule has 4 heteroatoms. The number of thiocarbonyl (C=S) groups is 1. The van der Waals surface area contributed by atoms with E-state index in [-0.39, 0.29) is 5.91 Å². The van der Waals surface area contributed by atoms with Gasteiger partial charge in [0.15, 0.2) is 5.11 Å². The molecule has 1 aliphatic rings. The monoisotopic (exact) mass is 234 g/mol. The van der Waals surface area contributed by atoms with E-state index >= 15 is 0 Å². The van der Waals surface area contributed by atoms with Gasteiger partial charge in [0.05, 0.1) is 12.2 Å². The Balaban J connectivity index is 2.44. The normalized spacial score (nSPS) is 16.1. The Labute approximate surface area is 101 Å². The van der Waals surface area contributed by atoms with Crippen LogP contribution < -0.4 is 4.90 Å². The fourth-order valence-electron chi connectivity index (χ4n) is 1.88. The summed E-state index contributed by atoms with van der Waals surface area (Å²) in [6.45, 7) is 2.45. The zero-order chi connectivity index (χ0) is 11.7. The summed E-state index contributed by atoms with van der Waals surface area (Å²) in [5.41, 5.74) is 2.07. The van der Waals surface area contributed by atoms with E-state index in [9.17, 15) is 4.79 Å². The third-order valence-corrected chi connectivity index (χ3v) is 3.25. The molecule has 84 valence electrons. The Kier molecular flexibility index (Phi) is 2.92. The summed E-state index contributed by atoms with van der Waals surface area (Å²) in [6, 6.07) is 7.89. The number of nitrogens with zero attached hydrogens (tertiary/aromatic N) is 2. The minimum Gasteiger partial charge on any atom is -0.342 e. The van der Waals surface area contributed by atoms with Crippen LogP contribution in [-0.2, 0) is 11.2 Å². The van der Waals surface area contributed by atoms with Crippen LogP contribution >= 0.6 is 12.2 Å². The first-order valence-corrected chi connectivity index (χ1v) is 5.72. The van der Waals surface area contributed by atoms with Gasteiger partial charge >= 0.3 is 0 Å². The Morgan fingerprint density at radius 2 is 2.06 bits per heavy atom. The Morgan fingerprint density at radius 3 is 2.62 bits per heavy atom. The highest BCUT2D eigenvalue weighted by atomic mass is 32.1. The van der Waals surface area contributed by atoms with Gasteiger partial charge in [-0.3, -0.25) is 9.69 Å². The molecular formula is C12H14N2OS. The molecule has 0 spiro atoms. The van der Waals surface area contributed by atoms with Crippen molar-refractivity contribution in [3.05, 3.63) is 29.8 Å². The molecule has 1 heterocycles. The molecule has 16 heavy (non-hydrogen) atoms. The number of likely N-dealkylation sites (N-methyl/N-ethyl adjacent to an activating group) is 1. The second kappa shape index (κ2) is 4.22. The maximum atomic E-state index is 11.9. The predicted octanol–water partition coefficient (Wildman–Crippen LogP) is 1.81. The van der Waals surface area contributed by atoms with E-state index in [1.54, 1.807) is 9.80 Å². The van der Waals surface area contributed by atoms with Crippen molar-refractivity contribution >= 4 is 28.9 Å². The van der Waals surface area contributed by atoms with Crippen LogP contribution in [-0.4, -0.2) is 29.5 Å². The molecule has 0 unspecified atom stereocenters. The van der Waals surface area contributed by atoms with Crippen LogP contribution in [0.3, 0.4) is 0 Å². The Hall–Kier alpha value is -1.42. The van der Waals surface area contributed by atoms with Crippen molar-refractivity contribution in [3.63, 3.8) is 0 Å². The fourth-order valence-corrected chi connectivity index (χ4v) is 2.15. The first kappa shape index (κ1) is 11.1. The SMILES string of the molecule is CCc1ccccc1N1C(=O)CN(C)C1=S. The highest BCUT2D eigenvalue weighted by Gasteiger charge is 2.32. The van der Waals surface area contributed by atoms with E-state index in [0.29, 0.717) is 11.7 Å². The summed E-state index contributed by atoms with van der Waals surface area (Å²) in [5, 5.41) is 0.589. The van der Waals surface area contributed by atoms with Crippen molar-refractivity contribution in [2.75, 3.05) is 18.5 Å². The van der Waals surface area contributed by atoms with E-state index in [2.05, 4.69) is 6.92 Å². The number of carbonyl (C=O) groups is 1. The van der Waals surface area contributed by atoms with E-state index in [1.807, 2.05) is 31.3 Å². The van der Waals surface area contributed by atoms with Gasteiger partial charge in [0, 0.05) is 7.05 Å². The van der Waals surface area contributed by atoms with Gasteiger partial charge in [-0.05, 0) is 30.3 Å². The van der Waals surface area contributed by atoms with E-state index in [4.69, 9.17) is 12.2 Å². The molecule has 1 aliphatic heterocycles. The molecule has 0 aliphatic carbocycles. The Morgan fingerprint density at radius 1 is 1.38 bits per heavy atom. The number of carbonyl (C=O) groups excluding carboxylic acids is 1. The third-order valence-electron chi connectivity index (χ3n) is 2.75. The van der Waals surface area contributed by atoms with Crippen molar-refractivity contribution in [1.29, 1.82) is 0 Å². The number of benzene rings is 1. The molecule has 3 nitrogen and oxygen atoms in total. The van der Waals surface area contributed by atoms with Gasteiger partial charge in [-0.1, -0.05) is 25.1 Å². The maximum absolute atomic E-state index is 11.9. The van der Waals surface area contributed by atoms with Crippen LogP contribution in [0.4, 0.5) is 5.69 Å². The van der Waals surface area contributed by atoms with Crippen LogP contribution in [0.2, 0.25) is 0 Å². The second-order valence-electron chi connectivity index (χ2n) is 3.85. The smallest absolute Gasteiger partial charge is 0.252 e. The highest BCUT2D eigenvalue weighted by molar-refractivity contribution is 7.80. The van der Waals surface area contributed by atoms with Gasteiger partial charge in [-0.25, -0.2) is 0 Å². The number of para-hydroxylation sites is 1. The zero-order valence-electron chi connectivity index (χ0n) is 9.43. The van der Waals surface area contributed by atoms with Crippen molar-refractivity contribution < 1.29 is 4.79 Å². The average molecular weight is 234 g/mol. The molecule has 1 amide bonds. The molecule has 2 rings (SSSR count). The summed E-state index contributed by atoms with van der Waals surface area (Å²) in [7, 11) is 1.84. The number of hydrogen-bond donors (Lipinski definition) is 0. The molecule has 0 atom stereocenters. The van der Waals surface area contributed by atoms with Crippen LogP contribution in [0, 0.1) is 0 Å². The van der Waals surface area contributed by atoms with Crippen molar-refractivity contribution in [3.8, 4) is 0 Å². The second-order valence-corrected chi connectivity index (χ2v) is 4.22. The predicted molar refractivity (Wildman–Crippen MR) is 68.5 cm³/mol. The third kappa shape index (κ3) is 1.69. The number of amides is 1. The molecule has 0 aromatic heterocycles. The van der Waals surface area contributed by atoms with Gasteiger partial charge in [0.25, 0.3) is 5.91 Å². The standard InChI is InChI=1S/C12H14N2OS/c1-3-9-6-4-5-7-10(9)14-11(15)8-13(2)12(14)16/h4-7H,3,8H2,1-2H3. The van der Waals surface area contributed by atoms with E-state index < -0.39 is 0 Å². The topological polar surface area (TPSA) is 23.6 Å². The highest BCUT2D eigenvalue weighted by Crippen LogP contribution is 2.25. The maximum Gasteiger partial charge on any atom is 0.252 e. The largest absolute Gasteiger partial charge is 0.342 e. The van der Waals surface area contributed by atoms with Gasteiger partial charge in [0.1, 0.15) is 0 Å². The molecule has 0 saturated carbocycles. The minimum absolute atomic E-state index is 0.0494. The van der Waals surface area contributed by atoms with E-state index in [1.165, 1.54) is 0 Å². The number of rotatable bonds is 2. The first-order valence-electron chi connectivity index (χ1n) is 5.31. The lowest BCUT2D eigenvalue weighted by atomic mass is 10.1. The zero-order valence-corrected chi connectivity index (χ0v) is 10.3. The van der Waals surface area contributed by atoms with Crippen LogP contribution in [0.25, 0.3) is 0 Å².